The van der Waals surface area contributed by atoms with Gasteiger partial charge in [-0.3, -0.25) is 0 Å². The normalized spacial score (nSPS) is 10.7. The van der Waals surface area contributed by atoms with E-state index in [4.69, 9.17) is 4.42 Å². The van der Waals surface area contributed by atoms with E-state index in [1.54, 1.807) is 0 Å². The van der Waals surface area contributed by atoms with Crippen molar-refractivity contribution in [3.63, 3.8) is 0 Å². The van der Waals surface area contributed by atoms with Crippen LogP contribution in [0, 0.1) is 13.8 Å². The Morgan fingerprint density at radius 1 is 0.760 bits per heavy atom. The third-order valence-corrected chi connectivity index (χ3v) is 4.16. The topological polar surface area (TPSA) is 13.1 Å². The quantitative estimate of drug-likeness (QED) is 0.378. The summed E-state index contributed by atoms with van der Waals surface area (Å²) in [6.07, 6.45) is 2.18. The van der Waals surface area contributed by atoms with Gasteiger partial charge in [0.05, 0.1) is 0 Å². The highest BCUT2D eigenvalue weighted by atomic mass is 16.3. The van der Waals surface area contributed by atoms with Gasteiger partial charge in [-0.1, -0.05) is 79.9 Å². The first-order chi connectivity index (χ1) is 12.1. The van der Waals surface area contributed by atoms with Gasteiger partial charge in [-0.25, -0.2) is 0 Å². The number of rotatable bonds is 2. The molecule has 0 fully saturated rings. The van der Waals surface area contributed by atoms with Gasteiger partial charge in [0.2, 0.25) is 0 Å². The molecular weight excluding hydrogens is 304 g/mol. The van der Waals surface area contributed by atoms with Crippen molar-refractivity contribution in [1.29, 1.82) is 0 Å². The molecule has 0 spiro atoms. The number of hydrogen-bond acceptors (Lipinski definition) is 1. The Hall–Kier alpha value is -2.54. The van der Waals surface area contributed by atoms with Gasteiger partial charge in [-0.05, 0) is 43.5 Å². The first-order valence-electron chi connectivity index (χ1n) is 9.08. The zero-order valence-electron chi connectivity index (χ0n) is 15.6. The number of para-hydroxylation sites is 1. The van der Waals surface area contributed by atoms with Crippen molar-refractivity contribution in [2.75, 3.05) is 0 Å². The van der Waals surface area contributed by atoms with Crippen LogP contribution in [0.2, 0.25) is 0 Å². The largest absolute Gasteiger partial charge is 0.456 e. The van der Waals surface area contributed by atoms with E-state index in [1.165, 1.54) is 39.4 Å². The molecule has 0 radical (unpaired) electrons. The van der Waals surface area contributed by atoms with Crippen LogP contribution in [-0.2, 0) is 6.42 Å². The second-order valence-corrected chi connectivity index (χ2v) is 6.77. The number of benzene rings is 3. The number of furan rings is 1. The van der Waals surface area contributed by atoms with Crippen LogP contribution in [0.3, 0.4) is 0 Å². The maximum atomic E-state index is 5.98. The average Bonchev–Trinajstić information content (AvgIpc) is 2.94. The molecule has 0 aliphatic carbocycles. The molecule has 1 aromatic heterocycles. The Kier molecular flexibility index (Phi) is 5.23. The predicted molar refractivity (Wildman–Crippen MR) is 108 cm³/mol. The highest BCUT2D eigenvalue weighted by molar-refractivity contribution is 6.06. The molecule has 1 nitrogen and oxygen atoms in total. The van der Waals surface area contributed by atoms with E-state index in [0.29, 0.717) is 0 Å². The van der Waals surface area contributed by atoms with Crippen LogP contribution in [0.5, 0.6) is 0 Å². The summed E-state index contributed by atoms with van der Waals surface area (Å²) in [5.74, 6) is 0. The molecule has 4 aromatic rings. The standard InChI is InChI=1S/C21H18O.C3H8/c1-14-10-15(2)12-16(11-14)13-17-6-5-9-20-21(17)18-7-3-4-8-19(18)22-20;1-3-2/h3-12H,13H2,1-2H3;3H2,1-2H3. The molecule has 1 heterocycles. The second kappa shape index (κ2) is 7.57. The molecule has 0 unspecified atom stereocenters. The summed E-state index contributed by atoms with van der Waals surface area (Å²) in [6.45, 7) is 8.56. The van der Waals surface area contributed by atoms with Crippen molar-refractivity contribution < 1.29 is 4.42 Å². The molecule has 0 saturated carbocycles. The second-order valence-electron chi connectivity index (χ2n) is 6.77. The van der Waals surface area contributed by atoms with Crippen molar-refractivity contribution >= 4 is 21.9 Å². The number of aryl methyl sites for hydroxylation is 2. The van der Waals surface area contributed by atoms with Crippen molar-refractivity contribution in [2.24, 2.45) is 0 Å². The Labute approximate surface area is 150 Å². The minimum Gasteiger partial charge on any atom is -0.456 e. The molecule has 0 atom stereocenters. The van der Waals surface area contributed by atoms with Crippen molar-refractivity contribution in [3.05, 3.63) is 82.9 Å². The van der Waals surface area contributed by atoms with E-state index in [9.17, 15) is 0 Å². The van der Waals surface area contributed by atoms with Gasteiger partial charge < -0.3 is 4.42 Å². The molecule has 128 valence electrons. The Bertz CT molecular complexity index is 971. The highest BCUT2D eigenvalue weighted by Gasteiger charge is 2.11. The molecule has 0 bridgehead atoms. The molecular formula is C24H26O. The summed E-state index contributed by atoms with van der Waals surface area (Å²) in [5.41, 5.74) is 7.26. The number of hydrogen-bond donors (Lipinski definition) is 0. The molecule has 0 aliphatic heterocycles. The Balaban J connectivity index is 0.000000569. The SMILES string of the molecule is CCC.Cc1cc(C)cc(Cc2cccc3oc4ccccc4c23)c1. The molecule has 0 saturated heterocycles. The van der Waals surface area contributed by atoms with Crippen LogP contribution in [0.25, 0.3) is 21.9 Å². The lowest BCUT2D eigenvalue weighted by Crippen LogP contribution is -1.91. The zero-order valence-corrected chi connectivity index (χ0v) is 15.6. The lowest BCUT2D eigenvalue weighted by Gasteiger charge is -2.07. The summed E-state index contributed by atoms with van der Waals surface area (Å²) >= 11 is 0. The summed E-state index contributed by atoms with van der Waals surface area (Å²) in [5, 5.41) is 2.45. The maximum Gasteiger partial charge on any atom is 0.135 e. The molecule has 25 heavy (non-hydrogen) atoms. The lowest BCUT2D eigenvalue weighted by atomic mass is 9.97. The van der Waals surface area contributed by atoms with Gasteiger partial charge in [0.25, 0.3) is 0 Å². The van der Waals surface area contributed by atoms with Crippen molar-refractivity contribution in [1.82, 2.24) is 0 Å². The minimum atomic E-state index is 0.934. The fourth-order valence-corrected chi connectivity index (χ4v) is 3.39. The van der Waals surface area contributed by atoms with Crippen LogP contribution in [-0.4, -0.2) is 0 Å². The highest BCUT2D eigenvalue weighted by Crippen LogP contribution is 2.32. The third-order valence-electron chi connectivity index (χ3n) is 4.16. The van der Waals surface area contributed by atoms with Gasteiger partial charge in [-0.2, -0.15) is 0 Å². The van der Waals surface area contributed by atoms with Crippen molar-refractivity contribution in [2.45, 2.75) is 40.5 Å². The van der Waals surface area contributed by atoms with Crippen LogP contribution in [0.1, 0.15) is 42.5 Å². The summed E-state index contributed by atoms with van der Waals surface area (Å²) < 4.78 is 5.98. The monoisotopic (exact) mass is 330 g/mol. The van der Waals surface area contributed by atoms with Gasteiger partial charge in [-0.15, -0.1) is 0 Å². The maximum absolute atomic E-state index is 5.98. The molecule has 1 heteroatoms. The van der Waals surface area contributed by atoms with Crippen LogP contribution in [0.4, 0.5) is 0 Å². The fraction of sp³-hybridized carbons (Fsp3) is 0.250. The Morgan fingerprint density at radius 2 is 1.40 bits per heavy atom. The van der Waals surface area contributed by atoms with Crippen LogP contribution >= 0.6 is 0 Å². The summed E-state index contributed by atoms with van der Waals surface area (Å²) in [4.78, 5) is 0. The fourth-order valence-electron chi connectivity index (χ4n) is 3.39. The van der Waals surface area contributed by atoms with Gasteiger partial charge >= 0.3 is 0 Å². The van der Waals surface area contributed by atoms with E-state index in [1.807, 2.05) is 12.1 Å². The molecule has 0 amide bonds. The van der Waals surface area contributed by atoms with E-state index in [-0.39, 0.29) is 0 Å². The predicted octanol–water partition coefficient (Wildman–Crippen LogP) is 7.21. The third kappa shape index (κ3) is 3.76. The Morgan fingerprint density at radius 3 is 2.12 bits per heavy atom. The smallest absolute Gasteiger partial charge is 0.135 e. The van der Waals surface area contributed by atoms with Gasteiger partial charge in [0.1, 0.15) is 11.2 Å². The average molecular weight is 330 g/mol. The van der Waals surface area contributed by atoms with E-state index in [0.717, 1.165) is 17.6 Å². The summed E-state index contributed by atoms with van der Waals surface area (Å²) in [6, 6.07) is 21.4. The van der Waals surface area contributed by atoms with Crippen LogP contribution < -0.4 is 0 Å². The first-order valence-corrected chi connectivity index (χ1v) is 9.08. The minimum absolute atomic E-state index is 0.934. The zero-order chi connectivity index (χ0) is 17.8. The molecule has 0 aliphatic rings. The number of fused-ring (bicyclic) bond motifs is 3. The van der Waals surface area contributed by atoms with Crippen LogP contribution in [0.15, 0.2) is 65.1 Å². The van der Waals surface area contributed by atoms with Crippen molar-refractivity contribution in [3.8, 4) is 0 Å². The first kappa shape index (κ1) is 17.3. The van der Waals surface area contributed by atoms with Gasteiger partial charge in [0, 0.05) is 10.8 Å². The molecule has 4 rings (SSSR count). The van der Waals surface area contributed by atoms with Gasteiger partial charge in [0.15, 0.2) is 0 Å². The molecule has 0 N–H and O–H groups in total. The van der Waals surface area contributed by atoms with E-state index >= 15 is 0 Å². The van der Waals surface area contributed by atoms with E-state index < -0.39 is 0 Å². The lowest BCUT2D eigenvalue weighted by molar-refractivity contribution is 0.668. The molecule has 3 aromatic carbocycles. The van der Waals surface area contributed by atoms with E-state index in [2.05, 4.69) is 76.2 Å². The summed E-state index contributed by atoms with van der Waals surface area (Å²) in [7, 11) is 0.